The van der Waals surface area contributed by atoms with E-state index in [9.17, 15) is 9.59 Å². The molecule has 2 aromatic rings. The number of nitrogens with zero attached hydrogens (tertiary/aromatic N) is 2. The highest BCUT2D eigenvalue weighted by Crippen LogP contribution is 2.15. The van der Waals surface area contributed by atoms with Crippen LogP contribution in [0.25, 0.3) is 0 Å². The summed E-state index contributed by atoms with van der Waals surface area (Å²) in [6.45, 7) is 1.13. The Kier molecular flexibility index (Phi) is 8.76. The first-order valence-corrected chi connectivity index (χ1v) is 9.49. The van der Waals surface area contributed by atoms with E-state index in [2.05, 4.69) is 10.3 Å². The van der Waals surface area contributed by atoms with Gasteiger partial charge in [-0.05, 0) is 36.2 Å². The van der Waals surface area contributed by atoms with Crippen LogP contribution in [0.2, 0.25) is 0 Å². The maximum Gasteiger partial charge on any atom is 0.274 e. The Hall–Kier alpha value is -3.46. The number of amides is 2. The molecule has 1 heterocycles. The van der Waals surface area contributed by atoms with Gasteiger partial charge in [-0.25, -0.2) is 4.98 Å². The minimum absolute atomic E-state index is 0.209. The van der Waals surface area contributed by atoms with Crippen molar-refractivity contribution >= 4 is 23.5 Å². The highest BCUT2D eigenvalue weighted by molar-refractivity contribution is 6.02. The van der Waals surface area contributed by atoms with Crippen LogP contribution in [0.5, 0.6) is 5.75 Å². The monoisotopic (exact) mass is 413 g/mol. The standard InChI is InChI=1S/C21H27N5O4/c1-26(21(22)23)19(27)10-7-15-5-3-6-16(13-15)25-20(28)18-9-8-17(14-24-18)30-12-4-11-29-2/h3,5-6,8-9,13-14H,4,7,10-12H2,1-2H3,(H3,22,23)(H,25,28). The van der Waals surface area contributed by atoms with Gasteiger partial charge in [0.1, 0.15) is 11.4 Å². The maximum atomic E-state index is 12.4. The van der Waals surface area contributed by atoms with Crippen molar-refractivity contribution in [3.05, 3.63) is 53.9 Å². The number of ether oxygens (including phenoxy) is 2. The number of benzene rings is 1. The molecule has 0 aliphatic heterocycles. The molecule has 4 N–H and O–H groups in total. The van der Waals surface area contributed by atoms with Gasteiger partial charge in [0.25, 0.3) is 5.91 Å². The van der Waals surface area contributed by atoms with Crippen molar-refractivity contribution in [2.75, 3.05) is 32.7 Å². The molecule has 0 saturated heterocycles. The van der Waals surface area contributed by atoms with Gasteiger partial charge in [0, 0.05) is 39.3 Å². The van der Waals surface area contributed by atoms with Crippen molar-refractivity contribution in [3.63, 3.8) is 0 Å². The van der Waals surface area contributed by atoms with Gasteiger partial charge in [-0.1, -0.05) is 12.1 Å². The lowest BCUT2D eigenvalue weighted by molar-refractivity contribution is -0.126. The Morgan fingerprint density at radius 2 is 2.03 bits per heavy atom. The van der Waals surface area contributed by atoms with E-state index in [4.69, 9.17) is 20.6 Å². The molecule has 1 aromatic heterocycles. The van der Waals surface area contributed by atoms with Gasteiger partial charge in [-0.15, -0.1) is 0 Å². The van der Waals surface area contributed by atoms with E-state index >= 15 is 0 Å². The van der Waals surface area contributed by atoms with E-state index in [1.807, 2.05) is 6.07 Å². The molecule has 30 heavy (non-hydrogen) atoms. The smallest absolute Gasteiger partial charge is 0.274 e. The molecule has 0 unspecified atom stereocenters. The molecule has 0 bridgehead atoms. The molecule has 2 rings (SSSR count). The van der Waals surface area contributed by atoms with Crippen LogP contribution in [0.3, 0.4) is 0 Å². The Balaban J connectivity index is 1.90. The number of nitrogens with one attached hydrogen (secondary N) is 2. The Bertz CT molecular complexity index is 870. The molecule has 0 aliphatic carbocycles. The Morgan fingerprint density at radius 3 is 2.70 bits per heavy atom. The quantitative estimate of drug-likeness (QED) is 0.310. The zero-order valence-electron chi connectivity index (χ0n) is 17.2. The second-order valence-corrected chi connectivity index (χ2v) is 6.57. The summed E-state index contributed by atoms with van der Waals surface area (Å²) in [4.78, 5) is 29.6. The van der Waals surface area contributed by atoms with Crippen LogP contribution in [0.4, 0.5) is 5.69 Å². The topological polar surface area (TPSA) is 131 Å². The number of pyridine rings is 1. The molecule has 9 heteroatoms. The number of carbonyl (C=O) groups excluding carboxylic acids is 2. The fourth-order valence-electron chi connectivity index (χ4n) is 2.55. The summed E-state index contributed by atoms with van der Waals surface area (Å²) < 4.78 is 10.5. The molecule has 0 saturated carbocycles. The fraction of sp³-hybridized carbons (Fsp3) is 0.333. The number of hydrogen-bond donors (Lipinski definition) is 3. The zero-order valence-corrected chi connectivity index (χ0v) is 17.2. The highest BCUT2D eigenvalue weighted by atomic mass is 16.5. The average Bonchev–Trinajstić information content (AvgIpc) is 2.75. The SMILES string of the molecule is COCCCOc1ccc(C(=O)Nc2cccc(CCC(=O)N(C)C(=N)N)c2)nc1. The zero-order chi connectivity index (χ0) is 21.9. The summed E-state index contributed by atoms with van der Waals surface area (Å²) in [5, 5.41) is 10.1. The lowest BCUT2D eigenvalue weighted by Crippen LogP contribution is -2.38. The van der Waals surface area contributed by atoms with Crippen LogP contribution < -0.4 is 15.8 Å². The molecular weight excluding hydrogens is 386 g/mol. The molecule has 1 aromatic carbocycles. The van der Waals surface area contributed by atoms with Crippen LogP contribution in [0.15, 0.2) is 42.6 Å². The fourth-order valence-corrected chi connectivity index (χ4v) is 2.55. The molecule has 0 fully saturated rings. The summed E-state index contributed by atoms with van der Waals surface area (Å²) in [5.41, 5.74) is 7.06. The van der Waals surface area contributed by atoms with Crippen molar-refractivity contribution in [3.8, 4) is 5.75 Å². The van der Waals surface area contributed by atoms with Crippen molar-refractivity contribution in [2.45, 2.75) is 19.3 Å². The molecule has 2 amide bonds. The molecule has 9 nitrogen and oxygen atoms in total. The molecule has 0 atom stereocenters. The van der Waals surface area contributed by atoms with Gasteiger partial charge in [-0.3, -0.25) is 19.9 Å². The van der Waals surface area contributed by atoms with Crippen LogP contribution in [0.1, 0.15) is 28.9 Å². The number of anilines is 1. The first-order chi connectivity index (χ1) is 14.4. The minimum Gasteiger partial charge on any atom is -0.492 e. The Morgan fingerprint density at radius 1 is 1.23 bits per heavy atom. The number of guanidine groups is 1. The maximum absolute atomic E-state index is 12.4. The number of methoxy groups -OCH3 is 1. The van der Waals surface area contributed by atoms with Gasteiger partial charge in [0.15, 0.2) is 5.96 Å². The molecular formula is C21H27N5O4. The summed E-state index contributed by atoms with van der Waals surface area (Å²) >= 11 is 0. The number of hydrogen-bond acceptors (Lipinski definition) is 6. The van der Waals surface area contributed by atoms with Crippen molar-refractivity contribution in [2.24, 2.45) is 5.73 Å². The minimum atomic E-state index is -0.342. The van der Waals surface area contributed by atoms with E-state index in [0.717, 1.165) is 16.9 Å². The van der Waals surface area contributed by atoms with Crippen LogP contribution in [0, 0.1) is 5.41 Å². The molecule has 0 radical (unpaired) electrons. The summed E-state index contributed by atoms with van der Waals surface area (Å²) in [5.74, 6) is -0.291. The largest absolute Gasteiger partial charge is 0.492 e. The predicted molar refractivity (Wildman–Crippen MR) is 114 cm³/mol. The third kappa shape index (κ3) is 7.17. The molecule has 160 valence electrons. The van der Waals surface area contributed by atoms with Gasteiger partial charge in [-0.2, -0.15) is 0 Å². The number of aryl methyl sites for hydroxylation is 1. The summed E-state index contributed by atoms with van der Waals surface area (Å²) in [7, 11) is 3.10. The molecule has 0 aliphatic rings. The van der Waals surface area contributed by atoms with E-state index in [1.165, 1.54) is 13.2 Å². The van der Waals surface area contributed by atoms with Crippen molar-refractivity contribution in [1.82, 2.24) is 9.88 Å². The predicted octanol–water partition coefficient (Wildman–Crippen LogP) is 2.03. The lowest BCUT2D eigenvalue weighted by Gasteiger charge is -2.14. The normalized spacial score (nSPS) is 10.3. The number of aromatic nitrogens is 1. The number of carbonyl (C=O) groups is 2. The summed E-state index contributed by atoms with van der Waals surface area (Å²) in [6.07, 6.45) is 2.95. The second kappa shape index (κ2) is 11.5. The molecule has 0 spiro atoms. The van der Waals surface area contributed by atoms with Crippen LogP contribution >= 0.6 is 0 Å². The third-order valence-electron chi connectivity index (χ3n) is 4.28. The first-order valence-electron chi connectivity index (χ1n) is 9.49. The van der Waals surface area contributed by atoms with E-state index in [-0.39, 0.29) is 29.9 Å². The van der Waals surface area contributed by atoms with Gasteiger partial charge < -0.3 is 20.5 Å². The van der Waals surface area contributed by atoms with E-state index < -0.39 is 0 Å². The van der Waals surface area contributed by atoms with Crippen LogP contribution in [-0.2, 0) is 16.0 Å². The first kappa shape index (κ1) is 22.8. The number of nitrogens with two attached hydrogens (primary N) is 1. The lowest BCUT2D eigenvalue weighted by atomic mass is 10.1. The van der Waals surface area contributed by atoms with Gasteiger partial charge in [0.2, 0.25) is 5.91 Å². The van der Waals surface area contributed by atoms with Gasteiger partial charge >= 0.3 is 0 Å². The summed E-state index contributed by atoms with van der Waals surface area (Å²) in [6, 6.07) is 10.5. The third-order valence-corrected chi connectivity index (χ3v) is 4.28. The van der Waals surface area contributed by atoms with E-state index in [0.29, 0.717) is 31.1 Å². The van der Waals surface area contributed by atoms with E-state index in [1.54, 1.807) is 37.4 Å². The number of rotatable bonds is 10. The average molecular weight is 413 g/mol. The van der Waals surface area contributed by atoms with Crippen molar-refractivity contribution < 1.29 is 19.1 Å². The highest BCUT2D eigenvalue weighted by Gasteiger charge is 2.12. The second-order valence-electron chi connectivity index (χ2n) is 6.57. The van der Waals surface area contributed by atoms with Gasteiger partial charge in [0.05, 0.1) is 12.8 Å². The Labute approximate surface area is 175 Å². The van der Waals surface area contributed by atoms with Crippen molar-refractivity contribution in [1.29, 1.82) is 5.41 Å². The van der Waals surface area contributed by atoms with Crippen LogP contribution in [-0.4, -0.2) is 55.0 Å².